The smallest absolute Gasteiger partial charge is 0.332 e. The number of aromatic nitrogens is 1. The summed E-state index contributed by atoms with van der Waals surface area (Å²) in [6, 6.07) is 0. The maximum atomic E-state index is 12.0. The third-order valence-corrected chi connectivity index (χ3v) is 3.61. The Kier molecular flexibility index (Phi) is 6.09. The van der Waals surface area contributed by atoms with Crippen molar-refractivity contribution in [2.45, 2.75) is 39.7 Å². The van der Waals surface area contributed by atoms with Crippen molar-refractivity contribution in [1.29, 1.82) is 0 Å². The first-order valence-electron chi connectivity index (χ1n) is 6.46. The van der Waals surface area contributed by atoms with Crippen molar-refractivity contribution >= 4 is 23.2 Å². The second kappa shape index (κ2) is 7.35. The van der Waals surface area contributed by atoms with E-state index in [0.29, 0.717) is 10.8 Å². The Morgan fingerprint density at radius 3 is 2.60 bits per heavy atom. The first kappa shape index (κ1) is 16.6. The highest BCUT2D eigenvalue weighted by Gasteiger charge is 2.18. The van der Waals surface area contributed by atoms with Gasteiger partial charge in [-0.3, -0.25) is 4.79 Å². The summed E-state index contributed by atoms with van der Waals surface area (Å²) in [6.07, 6.45) is -0.739. The van der Waals surface area contributed by atoms with Crippen LogP contribution >= 0.6 is 11.3 Å². The van der Waals surface area contributed by atoms with Crippen LogP contribution in [0.3, 0.4) is 0 Å². The van der Waals surface area contributed by atoms with Gasteiger partial charge in [0.15, 0.2) is 6.10 Å². The Hall–Kier alpha value is -1.47. The van der Waals surface area contributed by atoms with Crippen LogP contribution in [-0.2, 0) is 11.2 Å². The van der Waals surface area contributed by atoms with Gasteiger partial charge in [0.1, 0.15) is 4.88 Å². The molecule has 1 aromatic heterocycles. The zero-order valence-corrected chi connectivity index (χ0v) is 12.7. The molecule has 1 atom stereocenters. The number of aliphatic hydroxyl groups excluding tert-OH is 1. The highest BCUT2D eigenvalue weighted by Crippen LogP contribution is 2.20. The van der Waals surface area contributed by atoms with Crippen LogP contribution < -0.4 is 5.32 Å². The molecule has 20 heavy (non-hydrogen) atoms. The van der Waals surface area contributed by atoms with E-state index >= 15 is 0 Å². The van der Waals surface area contributed by atoms with E-state index in [1.54, 1.807) is 0 Å². The summed E-state index contributed by atoms with van der Waals surface area (Å²) in [6.45, 7) is 6.07. The summed E-state index contributed by atoms with van der Waals surface area (Å²) < 4.78 is 0. The van der Waals surface area contributed by atoms with Gasteiger partial charge in [0.05, 0.1) is 10.7 Å². The molecule has 1 rings (SSSR count). The monoisotopic (exact) mass is 300 g/mol. The van der Waals surface area contributed by atoms with Crippen molar-refractivity contribution in [1.82, 2.24) is 10.3 Å². The van der Waals surface area contributed by atoms with Gasteiger partial charge in [-0.05, 0) is 19.3 Å². The average molecular weight is 300 g/mol. The number of thiazole rings is 1. The van der Waals surface area contributed by atoms with Gasteiger partial charge in [0, 0.05) is 13.0 Å². The predicted molar refractivity (Wildman–Crippen MR) is 76.0 cm³/mol. The standard InChI is InChI=1S/C13H20N2O4S/c1-7(2)6-9-11(20-8(3)15-9)12(17)14-5-4-10(16)13(18)19/h7,10,16H,4-6H2,1-3H3,(H,14,17)(H,18,19)/t10-/m0/s1. The van der Waals surface area contributed by atoms with Crippen LogP contribution in [-0.4, -0.2) is 39.7 Å². The first-order valence-corrected chi connectivity index (χ1v) is 7.28. The van der Waals surface area contributed by atoms with Gasteiger partial charge in [-0.25, -0.2) is 9.78 Å². The number of nitrogens with one attached hydrogen (secondary N) is 1. The lowest BCUT2D eigenvalue weighted by Gasteiger charge is -2.08. The minimum Gasteiger partial charge on any atom is -0.479 e. The van der Waals surface area contributed by atoms with Crippen LogP contribution in [0.25, 0.3) is 0 Å². The summed E-state index contributed by atoms with van der Waals surface area (Å²) in [4.78, 5) is 27.4. The van der Waals surface area contributed by atoms with E-state index in [1.165, 1.54) is 11.3 Å². The number of aliphatic carboxylic acids is 1. The van der Waals surface area contributed by atoms with Crippen molar-refractivity contribution in [2.75, 3.05) is 6.54 Å². The molecule has 0 saturated heterocycles. The quantitative estimate of drug-likeness (QED) is 0.703. The van der Waals surface area contributed by atoms with Crippen LogP contribution in [0.15, 0.2) is 0 Å². The highest BCUT2D eigenvalue weighted by atomic mass is 32.1. The van der Waals surface area contributed by atoms with E-state index in [4.69, 9.17) is 10.2 Å². The third kappa shape index (κ3) is 4.90. The van der Waals surface area contributed by atoms with Gasteiger partial charge in [0.25, 0.3) is 5.91 Å². The van der Waals surface area contributed by atoms with E-state index in [9.17, 15) is 9.59 Å². The molecule has 0 aliphatic carbocycles. The summed E-state index contributed by atoms with van der Waals surface area (Å²) in [5, 5.41) is 21.1. The fraction of sp³-hybridized carbons (Fsp3) is 0.615. The van der Waals surface area contributed by atoms with Gasteiger partial charge in [0.2, 0.25) is 0 Å². The number of carboxylic acid groups (broad SMARTS) is 1. The summed E-state index contributed by atoms with van der Waals surface area (Å²) in [5.74, 6) is -1.14. The number of rotatable bonds is 7. The predicted octanol–water partition coefficient (Wildman–Crippen LogP) is 1.22. The molecule has 112 valence electrons. The number of nitrogens with zero attached hydrogens (tertiary/aromatic N) is 1. The molecular formula is C13H20N2O4S. The second-order valence-electron chi connectivity index (χ2n) is 5.01. The number of aryl methyl sites for hydroxylation is 1. The minimum atomic E-state index is -1.45. The zero-order valence-electron chi connectivity index (χ0n) is 11.8. The SMILES string of the molecule is Cc1nc(CC(C)C)c(C(=O)NCC[C@H](O)C(=O)O)s1. The molecule has 1 amide bonds. The molecule has 0 aliphatic heterocycles. The van der Waals surface area contributed by atoms with E-state index in [0.717, 1.165) is 17.1 Å². The number of hydrogen-bond acceptors (Lipinski definition) is 5. The van der Waals surface area contributed by atoms with Gasteiger partial charge >= 0.3 is 5.97 Å². The Balaban J connectivity index is 2.61. The number of amides is 1. The Morgan fingerprint density at radius 1 is 1.40 bits per heavy atom. The Morgan fingerprint density at radius 2 is 2.05 bits per heavy atom. The maximum Gasteiger partial charge on any atom is 0.332 e. The number of carbonyl (C=O) groups excluding carboxylic acids is 1. The molecule has 6 nitrogen and oxygen atoms in total. The van der Waals surface area contributed by atoms with Crippen molar-refractivity contribution < 1.29 is 19.8 Å². The fourth-order valence-electron chi connectivity index (χ4n) is 1.70. The molecule has 7 heteroatoms. The largest absolute Gasteiger partial charge is 0.479 e. The van der Waals surface area contributed by atoms with Gasteiger partial charge in [-0.15, -0.1) is 11.3 Å². The summed E-state index contributed by atoms with van der Waals surface area (Å²) in [5.41, 5.74) is 0.777. The van der Waals surface area contributed by atoms with E-state index in [1.807, 2.05) is 6.92 Å². The maximum absolute atomic E-state index is 12.0. The van der Waals surface area contributed by atoms with Gasteiger partial charge < -0.3 is 15.5 Å². The van der Waals surface area contributed by atoms with Crippen molar-refractivity contribution in [3.8, 4) is 0 Å². The normalized spacial score (nSPS) is 12.4. The first-order chi connectivity index (χ1) is 9.31. The molecule has 3 N–H and O–H groups in total. The number of carbonyl (C=O) groups is 2. The molecule has 0 fully saturated rings. The lowest BCUT2D eigenvalue weighted by molar-refractivity contribution is -0.146. The molecule has 1 aromatic rings. The fourth-order valence-corrected chi connectivity index (χ4v) is 2.56. The molecule has 0 unspecified atom stereocenters. The molecule has 0 radical (unpaired) electrons. The van der Waals surface area contributed by atoms with Crippen molar-refractivity contribution in [3.05, 3.63) is 15.6 Å². The number of aliphatic hydroxyl groups is 1. The molecule has 0 saturated carbocycles. The summed E-state index contributed by atoms with van der Waals surface area (Å²) in [7, 11) is 0. The van der Waals surface area contributed by atoms with Gasteiger partial charge in [-0.1, -0.05) is 13.8 Å². The van der Waals surface area contributed by atoms with E-state index in [-0.39, 0.29) is 18.9 Å². The van der Waals surface area contributed by atoms with Crippen molar-refractivity contribution in [2.24, 2.45) is 5.92 Å². The molecule has 0 bridgehead atoms. The molecular weight excluding hydrogens is 280 g/mol. The van der Waals surface area contributed by atoms with Crippen LogP contribution in [0, 0.1) is 12.8 Å². The van der Waals surface area contributed by atoms with E-state index < -0.39 is 12.1 Å². The van der Waals surface area contributed by atoms with Crippen LogP contribution in [0.5, 0.6) is 0 Å². The Bertz CT molecular complexity index is 485. The Labute approximate surface area is 121 Å². The van der Waals surface area contributed by atoms with E-state index in [2.05, 4.69) is 24.1 Å². The lowest BCUT2D eigenvalue weighted by Crippen LogP contribution is -2.30. The highest BCUT2D eigenvalue weighted by molar-refractivity contribution is 7.13. The molecule has 0 aliphatic rings. The van der Waals surface area contributed by atoms with Crippen molar-refractivity contribution in [3.63, 3.8) is 0 Å². The lowest BCUT2D eigenvalue weighted by atomic mass is 10.1. The molecule has 1 heterocycles. The van der Waals surface area contributed by atoms with Gasteiger partial charge in [-0.2, -0.15) is 0 Å². The van der Waals surface area contributed by atoms with Crippen LogP contribution in [0.4, 0.5) is 0 Å². The zero-order chi connectivity index (χ0) is 15.3. The average Bonchev–Trinajstić information content (AvgIpc) is 2.68. The number of hydrogen-bond donors (Lipinski definition) is 3. The molecule has 0 spiro atoms. The van der Waals surface area contributed by atoms with Crippen LogP contribution in [0.2, 0.25) is 0 Å². The molecule has 0 aromatic carbocycles. The third-order valence-electron chi connectivity index (χ3n) is 2.60. The topological polar surface area (TPSA) is 99.5 Å². The van der Waals surface area contributed by atoms with Crippen LogP contribution in [0.1, 0.15) is 40.6 Å². The minimum absolute atomic E-state index is 0.0155. The second-order valence-corrected chi connectivity index (χ2v) is 6.21. The number of carboxylic acids is 1. The summed E-state index contributed by atoms with van der Waals surface area (Å²) >= 11 is 1.33.